The Morgan fingerprint density at radius 2 is 2.35 bits per heavy atom. The zero-order chi connectivity index (χ0) is 12.3. The Morgan fingerprint density at radius 3 is 3.12 bits per heavy atom. The molecular weight excluding hydrogens is 300 g/mol. The van der Waals surface area contributed by atoms with E-state index in [2.05, 4.69) is 22.9 Å². The van der Waals surface area contributed by atoms with Crippen molar-refractivity contribution >= 4 is 27.7 Å². The quantitative estimate of drug-likeness (QED) is 0.857. The summed E-state index contributed by atoms with van der Waals surface area (Å²) in [4.78, 5) is 0. The van der Waals surface area contributed by atoms with Crippen molar-refractivity contribution in [2.75, 3.05) is 11.5 Å². The van der Waals surface area contributed by atoms with Gasteiger partial charge in [-0.25, -0.2) is 0 Å². The van der Waals surface area contributed by atoms with Crippen LogP contribution in [-0.4, -0.2) is 22.7 Å². The number of aliphatic hydroxyl groups is 1. The van der Waals surface area contributed by atoms with Crippen molar-refractivity contribution in [3.05, 3.63) is 28.2 Å². The lowest BCUT2D eigenvalue weighted by Crippen LogP contribution is -2.26. The SMILES string of the molecule is CCSCCC1CC(O)c2ccc(Br)cc2O1. The Hall–Kier alpha value is -0.190. The molecule has 0 saturated heterocycles. The molecule has 1 heterocycles. The Labute approximate surface area is 115 Å². The molecule has 0 amide bonds. The van der Waals surface area contributed by atoms with Crippen molar-refractivity contribution in [3.63, 3.8) is 0 Å². The number of thioether (sulfide) groups is 1. The van der Waals surface area contributed by atoms with Crippen LogP contribution in [-0.2, 0) is 0 Å². The normalized spacial score (nSPS) is 23.0. The van der Waals surface area contributed by atoms with Crippen LogP contribution in [0, 0.1) is 0 Å². The molecule has 1 aliphatic rings. The van der Waals surface area contributed by atoms with E-state index in [9.17, 15) is 5.11 Å². The van der Waals surface area contributed by atoms with Crippen molar-refractivity contribution in [2.24, 2.45) is 0 Å². The van der Waals surface area contributed by atoms with Crippen LogP contribution >= 0.6 is 27.7 Å². The Kier molecular flexibility index (Phi) is 4.77. The molecule has 1 N–H and O–H groups in total. The molecule has 0 radical (unpaired) electrons. The fraction of sp³-hybridized carbons (Fsp3) is 0.538. The summed E-state index contributed by atoms with van der Waals surface area (Å²) in [6, 6.07) is 5.82. The van der Waals surface area contributed by atoms with Gasteiger partial charge in [0.1, 0.15) is 11.9 Å². The van der Waals surface area contributed by atoms with Gasteiger partial charge in [0.2, 0.25) is 0 Å². The minimum atomic E-state index is -0.386. The highest BCUT2D eigenvalue weighted by Crippen LogP contribution is 2.37. The van der Waals surface area contributed by atoms with E-state index >= 15 is 0 Å². The predicted octanol–water partition coefficient (Wildman–Crippen LogP) is 3.78. The molecule has 0 bridgehead atoms. The molecule has 94 valence electrons. The minimum Gasteiger partial charge on any atom is -0.490 e. The van der Waals surface area contributed by atoms with E-state index in [1.54, 1.807) is 0 Å². The topological polar surface area (TPSA) is 29.5 Å². The summed E-state index contributed by atoms with van der Waals surface area (Å²) >= 11 is 5.34. The average Bonchev–Trinajstić information content (AvgIpc) is 2.28. The molecule has 0 spiro atoms. The summed E-state index contributed by atoms with van der Waals surface area (Å²) in [6.45, 7) is 2.16. The summed E-state index contributed by atoms with van der Waals surface area (Å²) in [6.07, 6.45) is 1.47. The van der Waals surface area contributed by atoms with Crippen LogP contribution in [0.4, 0.5) is 0 Å². The van der Waals surface area contributed by atoms with Crippen LogP contribution in [0.15, 0.2) is 22.7 Å². The molecule has 1 aliphatic heterocycles. The standard InChI is InChI=1S/C13H17BrO2S/c1-2-17-6-5-10-8-12(15)11-4-3-9(14)7-13(11)16-10/h3-4,7,10,12,15H,2,5-6,8H2,1H3. The van der Waals surface area contributed by atoms with Crippen molar-refractivity contribution in [3.8, 4) is 5.75 Å². The predicted molar refractivity (Wildman–Crippen MR) is 75.8 cm³/mol. The Morgan fingerprint density at radius 1 is 1.53 bits per heavy atom. The van der Waals surface area contributed by atoms with Gasteiger partial charge >= 0.3 is 0 Å². The molecule has 0 aliphatic carbocycles. The second-order valence-corrected chi connectivity index (χ2v) is 6.47. The second-order valence-electron chi connectivity index (χ2n) is 4.16. The molecule has 1 aromatic rings. The van der Waals surface area contributed by atoms with Gasteiger partial charge in [-0.15, -0.1) is 0 Å². The van der Waals surface area contributed by atoms with Gasteiger partial charge in [-0.2, -0.15) is 11.8 Å². The van der Waals surface area contributed by atoms with E-state index < -0.39 is 0 Å². The zero-order valence-corrected chi connectivity index (χ0v) is 12.3. The van der Waals surface area contributed by atoms with Gasteiger partial charge in [-0.05, 0) is 30.1 Å². The van der Waals surface area contributed by atoms with E-state index in [1.807, 2.05) is 30.0 Å². The molecule has 0 aromatic heterocycles. The summed E-state index contributed by atoms with van der Waals surface area (Å²) in [5, 5.41) is 10.1. The molecule has 1 aromatic carbocycles. The van der Waals surface area contributed by atoms with Crippen LogP contribution in [0.5, 0.6) is 5.75 Å². The van der Waals surface area contributed by atoms with E-state index in [-0.39, 0.29) is 12.2 Å². The molecule has 0 fully saturated rings. The maximum Gasteiger partial charge on any atom is 0.126 e. The molecule has 17 heavy (non-hydrogen) atoms. The lowest BCUT2D eigenvalue weighted by molar-refractivity contribution is 0.0648. The van der Waals surface area contributed by atoms with Crippen LogP contribution in [0.1, 0.15) is 31.4 Å². The minimum absolute atomic E-state index is 0.144. The van der Waals surface area contributed by atoms with Gasteiger partial charge in [0, 0.05) is 16.5 Å². The van der Waals surface area contributed by atoms with Gasteiger partial charge in [0.25, 0.3) is 0 Å². The van der Waals surface area contributed by atoms with E-state index in [1.165, 1.54) is 0 Å². The van der Waals surface area contributed by atoms with Gasteiger partial charge in [-0.3, -0.25) is 0 Å². The molecule has 2 rings (SSSR count). The third-order valence-electron chi connectivity index (χ3n) is 2.90. The van der Waals surface area contributed by atoms with Crippen molar-refractivity contribution in [2.45, 2.75) is 32.0 Å². The monoisotopic (exact) mass is 316 g/mol. The second kappa shape index (κ2) is 6.12. The lowest BCUT2D eigenvalue weighted by Gasteiger charge is -2.29. The van der Waals surface area contributed by atoms with Gasteiger partial charge in [0.15, 0.2) is 0 Å². The number of halogens is 1. The number of aliphatic hydroxyl groups excluding tert-OH is 1. The maximum atomic E-state index is 10.1. The molecule has 2 atom stereocenters. The molecule has 4 heteroatoms. The fourth-order valence-electron chi connectivity index (χ4n) is 2.03. The van der Waals surface area contributed by atoms with Crippen LogP contribution in [0.25, 0.3) is 0 Å². The molecule has 2 nitrogen and oxygen atoms in total. The van der Waals surface area contributed by atoms with Crippen LogP contribution in [0.2, 0.25) is 0 Å². The first-order valence-electron chi connectivity index (χ1n) is 5.92. The largest absolute Gasteiger partial charge is 0.490 e. The number of rotatable bonds is 4. The van der Waals surface area contributed by atoms with Gasteiger partial charge in [0.05, 0.1) is 6.10 Å². The highest BCUT2D eigenvalue weighted by atomic mass is 79.9. The molecule has 2 unspecified atom stereocenters. The van der Waals surface area contributed by atoms with E-state index in [0.717, 1.165) is 33.7 Å². The van der Waals surface area contributed by atoms with E-state index in [4.69, 9.17) is 4.74 Å². The number of hydrogen-bond acceptors (Lipinski definition) is 3. The Bertz CT molecular complexity index is 384. The van der Waals surface area contributed by atoms with Crippen molar-refractivity contribution in [1.29, 1.82) is 0 Å². The third-order valence-corrected chi connectivity index (χ3v) is 4.33. The van der Waals surface area contributed by atoms with Crippen molar-refractivity contribution < 1.29 is 9.84 Å². The smallest absolute Gasteiger partial charge is 0.126 e. The maximum absolute atomic E-state index is 10.1. The first-order valence-corrected chi connectivity index (χ1v) is 7.87. The van der Waals surface area contributed by atoms with E-state index in [0.29, 0.717) is 6.42 Å². The van der Waals surface area contributed by atoms with Crippen LogP contribution in [0.3, 0.4) is 0 Å². The third kappa shape index (κ3) is 3.39. The number of fused-ring (bicyclic) bond motifs is 1. The molecule has 0 saturated carbocycles. The summed E-state index contributed by atoms with van der Waals surface area (Å²) < 4.78 is 6.92. The Balaban J connectivity index is 2.04. The number of benzene rings is 1. The number of hydrogen-bond donors (Lipinski definition) is 1. The summed E-state index contributed by atoms with van der Waals surface area (Å²) in [7, 11) is 0. The molecular formula is C13H17BrO2S. The highest BCUT2D eigenvalue weighted by Gasteiger charge is 2.26. The van der Waals surface area contributed by atoms with Crippen LogP contribution < -0.4 is 4.74 Å². The summed E-state index contributed by atoms with van der Waals surface area (Å²) in [5.41, 5.74) is 0.910. The first kappa shape index (κ1) is 13.2. The van der Waals surface area contributed by atoms with Crippen molar-refractivity contribution in [1.82, 2.24) is 0 Å². The zero-order valence-electron chi connectivity index (χ0n) is 9.86. The average molecular weight is 317 g/mol. The highest BCUT2D eigenvalue weighted by molar-refractivity contribution is 9.10. The number of ether oxygens (including phenoxy) is 1. The first-order chi connectivity index (χ1) is 8.20. The lowest BCUT2D eigenvalue weighted by atomic mass is 9.98. The fourth-order valence-corrected chi connectivity index (χ4v) is 3.08. The van der Waals surface area contributed by atoms with Gasteiger partial charge < -0.3 is 9.84 Å². The summed E-state index contributed by atoms with van der Waals surface area (Å²) in [5.74, 6) is 3.05. The van der Waals surface area contributed by atoms with Gasteiger partial charge in [-0.1, -0.05) is 28.9 Å².